The van der Waals surface area contributed by atoms with Gasteiger partial charge in [-0.25, -0.2) is 0 Å². The standard InChI is InChI=1S/C14H20Cl2N2O/c1-10(2)8-17-9-14(19)18-6-5-11-3-4-12(15)7-13(11)16/h3-4,7,10,17H,5-6,8-9H2,1-2H3,(H,18,19). The van der Waals surface area contributed by atoms with Gasteiger partial charge in [0.15, 0.2) is 0 Å². The zero-order valence-corrected chi connectivity index (χ0v) is 12.8. The number of benzene rings is 1. The van der Waals surface area contributed by atoms with Gasteiger partial charge in [-0.1, -0.05) is 43.1 Å². The Kier molecular flexibility index (Phi) is 7.21. The number of hydrogen-bond acceptors (Lipinski definition) is 2. The molecule has 2 N–H and O–H groups in total. The van der Waals surface area contributed by atoms with Gasteiger partial charge in [-0.05, 0) is 36.6 Å². The Balaban J connectivity index is 2.24. The monoisotopic (exact) mass is 302 g/mol. The number of carbonyl (C=O) groups is 1. The molecule has 0 aliphatic rings. The molecule has 0 bridgehead atoms. The predicted octanol–water partition coefficient (Wildman–Crippen LogP) is 2.90. The Hall–Kier alpha value is -0.770. The van der Waals surface area contributed by atoms with Gasteiger partial charge in [-0.15, -0.1) is 0 Å². The summed E-state index contributed by atoms with van der Waals surface area (Å²) in [5, 5.41) is 7.21. The van der Waals surface area contributed by atoms with E-state index in [0.717, 1.165) is 12.1 Å². The maximum Gasteiger partial charge on any atom is 0.233 e. The van der Waals surface area contributed by atoms with Gasteiger partial charge in [0.1, 0.15) is 0 Å². The minimum Gasteiger partial charge on any atom is -0.355 e. The van der Waals surface area contributed by atoms with Crippen LogP contribution in [0.3, 0.4) is 0 Å². The first-order valence-electron chi connectivity index (χ1n) is 6.40. The van der Waals surface area contributed by atoms with E-state index in [4.69, 9.17) is 23.2 Å². The molecule has 1 rings (SSSR count). The van der Waals surface area contributed by atoms with Crippen LogP contribution >= 0.6 is 23.2 Å². The molecule has 0 radical (unpaired) electrons. The largest absolute Gasteiger partial charge is 0.355 e. The fourth-order valence-electron chi connectivity index (χ4n) is 1.60. The lowest BCUT2D eigenvalue weighted by molar-refractivity contribution is -0.120. The Labute approximate surface area is 124 Å². The molecule has 0 saturated carbocycles. The quantitative estimate of drug-likeness (QED) is 0.813. The van der Waals surface area contributed by atoms with Crippen molar-refractivity contribution in [1.29, 1.82) is 0 Å². The lowest BCUT2D eigenvalue weighted by atomic mass is 10.1. The number of amides is 1. The van der Waals surface area contributed by atoms with Crippen molar-refractivity contribution in [3.63, 3.8) is 0 Å². The van der Waals surface area contributed by atoms with Gasteiger partial charge in [0.25, 0.3) is 0 Å². The Morgan fingerprint density at radius 2 is 2.05 bits per heavy atom. The first-order chi connectivity index (χ1) is 8.99. The second-order valence-corrected chi connectivity index (χ2v) is 5.70. The summed E-state index contributed by atoms with van der Waals surface area (Å²) in [6, 6.07) is 5.40. The summed E-state index contributed by atoms with van der Waals surface area (Å²) in [6.45, 7) is 5.98. The van der Waals surface area contributed by atoms with Crippen molar-refractivity contribution >= 4 is 29.1 Å². The summed E-state index contributed by atoms with van der Waals surface area (Å²) in [6.07, 6.45) is 0.700. The third-order valence-corrected chi connectivity index (χ3v) is 3.16. The molecule has 0 unspecified atom stereocenters. The van der Waals surface area contributed by atoms with Crippen molar-refractivity contribution in [1.82, 2.24) is 10.6 Å². The summed E-state index contributed by atoms with van der Waals surface area (Å²) < 4.78 is 0. The summed E-state index contributed by atoms with van der Waals surface area (Å²) in [7, 11) is 0. The second kappa shape index (κ2) is 8.41. The molecule has 0 spiro atoms. The van der Waals surface area contributed by atoms with Crippen molar-refractivity contribution in [2.45, 2.75) is 20.3 Å². The van der Waals surface area contributed by atoms with E-state index in [1.54, 1.807) is 12.1 Å². The molecular formula is C14H20Cl2N2O. The van der Waals surface area contributed by atoms with Gasteiger partial charge >= 0.3 is 0 Å². The van der Waals surface area contributed by atoms with Crippen LogP contribution < -0.4 is 10.6 Å². The average molecular weight is 303 g/mol. The molecule has 0 aromatic heterocycles. The van der Waals surface area contributed by atoms with Crippen molar-refractivity contribution < 1.29 is 4.79 Å². The van der Waals surface area contributed by atoms with E-state index in [0.29, 0.717) is 35.5 Å². The first kappa shape index (κ1) is 16.3. The molecular weight excluding hydrogens is 283 g/mol. The number of hydrogen-bond donors (Lipinski definition) is 2. The number of carbonyl (C=O) groups excluding carboxylic acids is 1. The molecule has 0 aliphatic carbocycles. The van der Waals surface area contributed by atoms with Gasteiger partial charge in [-0.3, -0.25) is 4.79 Å². The molecule has 0 heterocycles. The molecule has 106 valence electrons. The molecule has 3 nitrogen and oxygen atoms in total. The van der Waals surface area contributed by atoms with Crippen LogP contribution in [-0.2, 0) is 11.2 Å². The minimum atomic E-state index is 0.00531. The van der Waals surface area contributed by atoms with Crippen LogP contribution in [0.4, 0.5) is 0 Å². The molecule has 0 aliphatic heterocycles. The molecule has 0 fully saturated rings. The first-order valence-corrected chi connectivity index (χ1v) is 7.16. The Morgan fingerprint density at radius 3 is 2.68 bits per heavy atom. The predicted molar refractivity (Wildman–Crippen MR) is 80.9 cm³/mol. The second-order valence-electron chi connectivity index (χ2n) is 4.86. The third-order valence-electron chi connectivity index (χ3n) is 2.57. The highest BCUT2D eigenvalue weighted by molar-refractivity contribution is 6.35. The maximum absolute atomic E-state index is 11.5. The van der Waals surface area contributed by atoms with E-state index in [1.807, 2.05) is 6.07 Å². The zero-order valence-electron chi connectivity index (χ0n) is 11.3. The molecule has 1 aromatic rings. The van der Waals surface area contributed by atoms with Crippen LogP contribution in [0.2, 0.25) is 10.0 Å². The highest BCUT2D eigenvalue weighted by atomic mass is 35.5. The molecule has 1 amide bonds. The zero-order chi connectivity index (χ0) is 14.3. The van der Waals surface area contributed by atoms with E-state index in [9.17, 15) is 4.79 Å². The molecule has 19 heavy (non-hydrogen) atoms. The van der Waals surface area contributed by atoms with Crippen LogP contribution in [0.1, 0.15) is 19.4 Å². The lowest BCUT2D eigenvalue weighted by Gasteiger charge is -2.09. The maximum atomic E-state index is 11.5. The smallest absolute Gasteiger partial charge is 0.233 e. The van der Waals surface area contributed by atoms with E-state index in [-0.39, 0.29) is 5.91 Å². The van der Waals surface area contributed by atoms with E-state index < -0.39 is 0 Å². The van der Waals surface area contributed by atoms with Crippen LogP contribution in [0, 0.1) is 5.92 Å². The Morgan fingerprint density at radius 1 is 1.32 bits per heavy atom. The van der Waals surface area contributed by atoms with Crippen LogP contribution in [0.25, 0.3) is 0 Å². The summed E-state index contributed by atoms with van der Waals surface area (Å²) in [4.78, 5) is 11.5. The van der Waals surface area contributed by atoms with Gasteiger partial charge in [0.2, 0.25) is 5.91 Å². The number of nitrogens with one attached hydrogen (secondary N) is 2. The van der Waals surface area contributed by atoms with Crippen molar-refractivity contribution in [2.24, 2.45) is 5.92 Å². The molecule has 0 atom stereocenters. The molecule has 0 saturated heterocycles. The van der Waals surface area contributed by atoms with Gasteiger partial charge in [0, 0.05) is 16.6 Å². The van der Waals surface area contributed by atoms with Crippen LogP contribution in [0.15, 0.2) is 18.2 Å². The van der Waals surface area contributed by atoms with Crippen molar-refractivity contribution in [2.75, 3.05) is 19.6 Å². The van der Waals surface area contributed by atoms with E-state index in [2.05, 4.69) is 24.5 Å². The Bertz CT molecular complexity index is 422. The van der Waals surface area contributed by atoms with Gasteiger partial charge < -0.3 is 10.6 Å². The number of rotatable bonds is 7. The summed E-state index contributed by atoms with van der Waals surface area (Å²) >= 11 is 11.9. The fourth-order valence-corrected chi connectivity index (χ4v) is 2.10. The summed E-state index contributed by atoms with van der Waals surface area (Å²) in [5.41, 5.74) is 0.988. The highest BCUT2D eigenvalue weighted by Gasteiger charge is 2.04. The third kappa shape index (κ3) is 6.81. The summed E-state index contributed by atoms with van der Waals surface area (Å²) in [5.74, 6) is 0.548. The van der Waals surface area contributed by atoms with Crippen LogP contribution in [-0.4, -0.2) is 25.5 Å². The topological polar surface area (TPSA) is 41.1 Å². The van der Waals surface area contributed by atoms with Crippen LogP contribution in [0.5, 0.6) is 0 Å². The van der Waals surface area contributed by atoms with E-state index >= 15 is 0 Å². The molecule has 5 heteroatoms. The molecule has 1 aromatic carbocycles. The average Bonchev–Trinajstić information content (AvgIpc) is 2.31. The lowest BCUT2D eigenvalue weighted by Crippen LogP contribution is -2.36. The van der Waals surface area contributed by atoms with Gasteiger partial charge in [0.05, 0.1) is 6.54 Å². The number of halogens is 2. The van der Waals surface area contributed by atoms with Crippen molar-refractivity contribution in [3.8, 4) is 0 Å². The van der Waals surface area contributed by atoms with Crippen molar-refractivity contribution in [3.05, 3.63) is 33.8 Å². The highest BCUT2D eigenvalue weighted by Crippen LogP contribution is 2.20. The SMILES string of the molecule is CC(C)CNCC(=O)NCCc1ccc(Cl)cc1Cl. The van der Waals surface area contributed by atoms with Gasteiger partial charge in [-0.2, -0.15) is 0 Å². The fraction of sp³-hybridized carbons (Fsp3) is 0.500. The minimum absolute atomic E-state index is 0.00531. The van der Waals surface area contributed by atoms with E-state index in [1.165, 1.54) is 0 Å². The normalized spacial score (nSPS) is 10.8.